The maximum atomic E-state index is 12.2. The largest absolute Gasteiger partial charge is 0.343 e. The third kappa shape index (κ3) is 7.97. The molecule has 0 spiro atoms. The van der Waals surface area contributed by atoms with Crippen molar-refractivity contribution >= 4 is 48.4 Å². The molecular weight excluding hydrogens is 377 g/mol. The van der Waals surface area contributed by atoms with Gasteiger partial charge in [0.1, 0.15) is 12.6 Å². The van der Waals surface area contributed by atoms with Gasteiger partial charge in [0.2, 0.25) is 11.8 Å². The van der Waals surface area contributed by atoms with E-state index in [0.29, 0.717) is 24.3 Å². The molecule has 1 aliphatic heterocycles. The fourth-order valence-corrected chi connectivity index (χ4v) is 2.23. The smallest absolute Gasteiger partial charge is 0.263 e. The van der Waals surface area contributed by atoms with Crippen LogP contribution in [-0.4, -0.2) is 58.9 Å². The number of carbonyl (C=O) groups is 4. The Labute approximate surface area is 157 Å². The number of hydroxylamine groups is 1. The summed E-state index contributed by atoms with van der Waals surface area (Å²) in [7, 11) is 0. The summed E-state index contributed by atoms with van der Waals surface area (Å²) in [6.45, 7) is -0.0808. The fourth-order valence-electron chi connectivity index (χ4n) is 2.23. The summed E-state index contributed by atoms with van der Waals surface area (Å²) >= 11 is 0. The first-order valence-corrected chi connectivity index (χ1v) is 7.43. The van der Waals surface area contributed by atoms with Gasteiger partial charge in [0.15, 0.2) is 0 Å². The average molecular weight is 402 g/mol. The van der Waals surface area contributed by atoms with E-state index >= 15 is 0 Å². The van der Waals surface area contributed by atoms with E-state index in [0.717, 1.165) is 6.42 Å². The zero-order valence-electron chi connectivity index (χ0n) is 13.6. The summed E-state index contributed by atoms with van der Waals surface area (Å²) in [5.74, 6) is -2.60. The Hall–Kier alpha value is -1.46. The van der Waals surface area contributed by atoms with Gasteiger partial charge in [-0.3, -0.25) is 29.3 Å². The lowest BCUT2D eigenvalue weighted by molar-refractivity contribution is -0.154. The summed E-state index contributed by atoms with van der Waals surface area (Å²) in [6.07, 6.45) is 2.06. The summed E-state index contributed by atoms with van der Waals surface area (Å²) in [4.78, 5) is 47.7. The van der Waals surface area contributed by atoms with Crippen molar-refractivity contribution in [3.8, 4) is 0 Å². The molecule has 0 aromatic heterocycles. The highest BCUT2D eigenvalue weighted by Crippen LogP contribution is 2.13. The van der Waals surface area contributed by atoms with Crippen LogP contribution in [0.1, 0.15) is 32.1 Å². The van der Waals surface area contributed by atoms with Crippen molar-refractivity contribution in [3.63, 3.8) is 0 Å². The molecule has 7 N–H and O–H groups in total. The Kier molecular flexibility index (Phi) is 13.2. The standard InChI is InChI=1S/C13H23N5O5.2ClH/c14-6-2-1-3-8(15)12(21)16-9-4-5-11(20)18(13(9)22)7-10(19)17-23;;/h8-9,23H,1-7,14-15H2,(H,16,21)(H,17,19);2*1H/t8-,9-;;/m0../s1. The van der Waals surface area contributed by atoms with Gasteiger partial charge in [-0.1, -0.05) is 6.42 Å². The van der Waals surface area contributed by atoms with Crippen molar-refractivity contribution in [1.82, 2.24) is 15.7 Å². The topological polar surface area (TPSA) is 168 Å². The van der Waals surface area contributed by atoms with Gasteiger partial charge >= 0.3 is 0 Å². The monoisotopic (exact) mass is 401 g/mol. The molecule has 0 aromatic carbocycles. The van der Waals surface area contributed by atoms with Crippen molar-refractivity contribution in [2.24, 2.45) is 11.5 Å². The Balaban J connectivity index is 0. The van der Waals surface area contributed by atoms with Crippen molar-refractivity contribution in [2.75, 3.05) is 13.1 Å². The molecule has 2 atom stereocenters. The predicted octanol–water partition coefficient (Wildman–Crippen LogP) is -1.57. The second-order valence-electron chi connectivity index (χ2n) is 5.34. The van der Waals surface area contributed by atoms with Crippen LogP contribution in [0.3, 0.4) is 0 Å². The van der Waals surface area contributed by atoms with Crippen LogP contribution in [0.4, 0.5) is 0 Å². The number of carbonyl (C=O) groups excluding carboxylic acids is 4. The summed E-state index contributed by atoms with van der Waals surface area (Å²) in [5.41, 5.74) is 12.5. The number of imide groups is 1. The minimum absolute atomic E-state index is 0. The number of nitrogens with two attached hydrogens (primary N) is 2. The number of piperidine rings is 1. The maximum absolute atomic E-state index is 12.2. The molecule has 4 amide bonds. The van der Waals surface area contributed by atoms with E-state index in [4.69, 9.17) is 16.7 Å². The van der Waals surface area contributed by atoms with Crippen molar-refractivity contribution in [1.29, 1.82) is 0 Å². The molecule has 1 fully saturated rings. The molecule has 1 aliphatic rings. The average Bonchev–Trinajstić information content (AvgIpc) is 2.53. The first-order chi connectivity index (χ1) is 10.9. The van der Waals surface area contributed by atoms with Gasteiger partial charge in [-0.15, -0.1) is 24.8 Å². The normalized spacial score (nSPS) is 17.9. The summed E-state index contributed by atoms with van der Waals surface area (Å²) < 4.78 is 0. The lowest BCUT2D eigenvalue weighted by Crippen LogP contribution is -2.58. The Bertz CT molecular complexity index is 480. The lowest BCUT2D eigenvalue weighted by Gasteiger charge is -2.30. The fraction of sp³-hybridized carbons (Fsp3) is 0.692. The highest BCUT2D eigenvalue weighted by atomic mass is 35.5. The minimum atomic E-state index is -0.910. The van der Waals surface area contributed by atoms with E-state index in [2.05, 4.69) is 5.32 Å². The first-order valence-electron chi connectivity index (χ1n) is 7.43. The van der Waals surface area contributed by atoms with E-state index in [1.165, 1.54) is 5.48 Å². The van der Waals surface area contributed by atoms with Crippen LogP contribution in [-0.2, 0) is 19.2 Å². The van der Waals surface area contributed by atoms with Gasteiger partial charge in [-0.25, -0.2) is 5.48 Å². The molecule has 10 nitrogen and oxygen atoms in total. The van der Waals surface area contributed by atoms with Crippen LogP contribution in [0.2, 0.25) is 0 Å². The predicted molar refractivity (Wildman–Crippen MR) is 93.2 cm³/mol. The first kappa shape index (κ1) is 25.8. The van der Waals surface area contributed by atoms with Gasteiger partial charge in [-0.2, -0.15) is 0 Å². The van der Waals surface area contributed by atoms with E-state index in [1.54, 1.807) is 0 Å². The number of hydrogen-bond acceptors (Lipinski definition) is 7. The van der Waals surface area contributed by atoms with E-state index in [-0.39, 0.29) is 37.7 Å². The Morgan fingerprint density at radius 1 is 1.28 bits per heavy atom. The number of amides is 4. The van der Waals surface area contributed by atoms with Gasteiger partial charge in [0.25, 0.3) is 11.8 Å². The molecule has 0 aromatic rings. The molecule has 0 aliphatic carbocycles. The molecule has 25 heavy (non-hydrogen) atoms. The zero-order chi connectivity index (χ0) is 17.4. The number of nitrogens with one attached hydrogen (secondary N) is 2. The number of unbranched alkanes of at least 4 members (excludes halogenated alkanes) is 1. The number of nitrogens with zero attached hydrogens (tertiary/aromatic N) is 1. The van der Waals surface area contributed by atoms with Crippen molar-refractivity contribution < 1.29 is 24.4 Å². The quantitative estimate of drug-likeness (QED) is 0.141. The van der Waals surface area contributed by atoms with Crippen LogP contribution in [0, 0.1) is 0 Å². The second kappa shape index (κ2) is 12.8. The van der Waals surface area contributed by atoms with E-state index in [1.807, 2.05) is 0 Å². The molecule has 0 radical (unpaired) electrons. The SMILES string of the molecule is Cl.Cl.NCCCC[C@H](N)C(=O)N[C@H]1CCC(=O)N(CC(=O)NO)C1=O. The molecule has 0 bridgehead atoms. The number of likely N-dealkylation sites (tertiary alicyclic amines) is 1. The van der Waals surface area contributed by atoms with Crippen molar-refractivity contribution in [2.45, 2.75) is 44.2 Å². The van der Waals surface area contributed by atoms with Gasteiger partial charge < -0.3 is 16.8 Å². The molecule has 12 heteroatoms. The summed E-state index contributed by atoms with van der Waals surface area (Å²) in [6, 6.07) is -1.67. The van der Waals surface area contributed by atoms with Gasteiger partial charge in [0.05, 0.1) is 6.04 Å². The molecular formula is C13H25Cl2N5O5. The van der Waals surface area contributed by atoms with Gasteiger partial charge in [-0.05, 0) is 25.8 Å². The second-order valence-corrected chi connectivity index (χ2v) is 5.34. The van der Waals surface area contributed by atoms with E-state index in [9.17, 15) is 19.2 Å². The third-order valence-corrected chi connectivity index (χ3v) is 3.56. The molecule has 1 rings (SSSR count). The third-order valence-electron chi connectivity index (χ3n) is 3.56. The molecule has 146 valence electrons. The Morgan fingerprint density at radius 2 is 1.92 bits per heavy atom. The van der Waals surface area contributed by atoms with E-state index < -0.39 is 42.3 Å². The molecule has 0 saturated carbocycles. The molecule has 1 heterocycles. The Morgan fingerprint density at radius 3 is 2.48 bits per heavy atom. The maximum Gasteiger partial charge on any atom is 0.263 e. The van der Waals surface area contributed by atoms with Crippen LogP contribution < -0.4 is 22.3 Å². The van der Waals surface area contributed by atoms with Crippen LogP contribution >= 0.6 is 24.8 Å². The highest BCUT2D eigenvalue weighted by molar-refractivity contribution is 6.04. The minimum Gasteiger partial charge on any atom is -0.343 e. The lowest BCUT2D eigenvalue weighted by atomic mass is 10.0. The number of rotatable bonds is 8. The van der Waals surface area contributed by atoms with Crippen LogP contribution in [0.25, 0.3) is 0 Å². The van der Waals surface area contributed by atoms with Gasteiger partial charge in [0, 0.05) is 6.42 Å². The summed E-state index contributed by atoms with van der Waals surface area (Å²) in [5, 5.41) is 11.0. The van der Waals surface area contributed by atoms with Crippen LogP contribution in [0.15, 0.2) is 0 Å². The number of hydrogen-bond donors (Lipinski definition) is 5. The zero-order valence-corrected chi connectivity index (χ0v) is 15.2. The van der Waals surface area contributed by atoms with Crippen molar-refractivity contribution in [3.05, 3.63) is 0 Å². The number of halogens is 2. The molecule has 1 saturated heterocycles. The highest BCUT2D eigenvalue weighted by Gasteiger charge is 2.36. The molecule has 0 unspecified atom stereocenters. The van der Waals surface area contributed by atoms with Crippen LogP contribution in [0.5, 0.6) is 0 Å².